The maximum absolute atomic E-state index is 13.5. The van der Waals surface area contributed by atoms with Crippen LogP contribution < -0.4 is 10.6 Å². The average molecular weight is 401 g/mol. The minimum absolute atomic E-state index is 0. The van der Waals surface area contributed by atoms with E-state index in [9.17, 15) is 9.18 Å². The Hall–Kier alpha value is -2.70. The second-order valence-corrected chi connectivity index (χ2v) is 6.65. The van der Waals surface area contributed by atoms with Crippen molar-refractivity contribution in [1.82, 2.24) is 20.4 Å². The highest BCUT2D eigenvalue weighted by Gasteiger charge is 2.12. The van der Waals surface area contributed by atoms with Crippen LogP contribution in [0.15, 0.2) is 54.6 Å². The number of halogens is 2. The van der Waals surface area contributed by atoms with Crippen LogP contribution in [0.5, 0.6) is 0 Å². The quantitative estimate of drug-likeness (QED) is 0.704. The highest BCUT2D eigenvalue weighted by molar-refractivity contribution is 5.95. The third-order valence-corrected chi connectivity index (χ3v) is 4.66. The number of hydrogen-bond donors (Lipinski definition) is 2. The molecular weight excluding hydrogens is 379 g/mol. The van der Waals surface area contributed by atoms with E-state index in [1.54, 1.807) is 24.3 Å². The van der Waals surface area contributed by atoms with E-state index in [0.717, 1.165) is 48.6 Å². The van der Waals surface area contributed by atoms with E-state index in [4.69, 9.17) is 0 Å². The molecule has 2 heterocycles. The molecule has 0 aliphatic carbocycles. The maximum atomic E-state index is 13.5. The number of fused-ring (bicyclic) bond motifs is 1. The molecule has 0 unspecified atom stereocenters. The molecule has 0 atom stereocenters. The van der Waals surface area contributed by atoms with Crippen molar-refractivity contribution in [3.8, 4) is 11.1 Å². The molecule has 3 aromatic rings. The summed E-state index contributed by atoms with van der Waals surface area (Å²) in [7, 11) is 0. The first kappa shape index (κ1) is 20.0. The Balaban J connectivity index is 0.00000225. The van der Waals surface area contributed by atoms with E-state index in [1.807, 2.05) is 22.9 Å². The van der Waals surface area contributed by atoms with Gasteiger partial charge in [-0.15, -0.1) is 12.4 Å². The van der Waals surface area contributed by atoms with Crippen LogP contribution in [0, 0.1) is 5.82 Å². The van der Waals surface area contributed by atoms with Gasteiger partial charge < -0.3 is 10.6 Å². The van der Waals surface area contributed by atoms with Crippen LogP contribution in [0.25, 0.3) is 11.1 Å². The Morgan fingerprint density at radius 2 is 1.93 bits per heavy atom. The molecule has 1 aromatic heterocycles. The van der Waals surface area contributed by atoms with E-state index in [0.29, 0.717) is 12.1 Å². The molecule has 1 aliphatic heterocycles. The van der Waals surface area contributed by atoms with E-state index in [2.05, 4.69) is 15.7 Å². The van der Waals surface area contributed by atoms with Crippen LogP contribution >= 0.6 is 12.4 Å². The lowest BCUT2D eigenvalue weighted by Crippen LogP contribution is -2.23. The van der Waals surface area contributed by atoms with Crippen molar-refractivity contribution in [2.75, 3.05) is 6.54 Å². The second-order valence-electron chi connectivity index (χ2n) is 6.65. The van der Waals surface area contributed by atoms with Crippen molar-refractivity contribution in [2.24, 2.45) is 0 Å². The van der Waals surface area contributed by atoms with Crippen molar-refractivity contribution < 1.29 is 9.18 Å². The summed E-state index contributed by atoms with van der Waals surface area (Å²) in [4.78, 5) is 12.5. The average Bonchev–Trinajstić information content (AvgIpc) is 2.95. The van der Waals surface area contributed by atoms with Crippen LogP contribution in [-0.4, -0.2) is 22.2 Å². The SMILES string of the molecule is Cl.O=C(NCc1cc2n(n1)CCCNC2)c1cccc(-c2cccc(F)c2)c1. The molecule has 0 saturated heterocycles. The van der Waals surface area contributed by atoms with Gasteiger partial charge in [0.25, 0.3) is 5.91 Å². The molecule has 5 nitrogen and oxygen atoms in total. The van der Waals surface area contributed by atoms with Crippen molar-refractivity contribution >= 4 is 18.3 Å². The zero-order valence-electron chi connectivity index (χ0n) is 15.3. The lowest BCUT2D eigenvalue weighted by molar-refractivity contribution is 0.0950. The largest absolute Gasteiger partial charge is 0.346 e. The lowest BCUT2D eigenvalue weighted by atomic mass is 10.0. The van der Waals surface area contributed by atoms with E-state index in [-0.39, 0.29) is 24.1 Å². The number of hydrogen-bond acceptors (Lipinski definition) is 3. The van der Waals surface area contributed by atoms with Crippen LogP contribution in [0.3, 0.4) is 0 Å². The van der Waals surface area contributed by atoms with Gasteiger partial charge in [0.2, 0.25) is 0 Å². The molecule has 146 valence electrons. The van der Waals surface area contributed by atoms with E-state index >= 15 is 0 Å². The molecule has 2 N–H and O–H groups in total. The van der Waals surface area contributed by atoms with Crippen molar-refractivity contribution in [3.05, 3.63) is 77.4 Å². The molecule has 2 aromatic carbocycles. The number of nitrogens with zero attached hydrogens (tertiary/aromatic N) is 2. The zero-order valence-corrected chi connectivity index (χ0v) is 16.1. The zero-order chi connectivity index (χ0) is 18.6. The minimum atomic E-state index is -0.295. The summed E-state index contributed by atoms with van der Waals surface area (Å²) < 4.78 is 15.5. The van der Waals surface area contributed by atoms with E-state index < -0.39 is 0 Å². The molecule has 0 bridgehead atoms. The summed E-state index contributed by atoms with van der Waals surface area (Å²) >= 11 is 0. The topological polar surface area (TPSA) is 59.0 Å². The first-order valence-electron chi connectivity index (χ1n) is 9.09. The highest BCUT2D eigenvalue weighted by Crippen LogP contribution is 2.21. The Bertz CT molecular complexity index is 949. The predicted molar refractivity (Wildman–Crippen MR) is 109 cm³/mol. The molecule has 0 spiro atoms. The van der Waals surface area contributed by atoms with Crippen LogP contribution in [0.2, 0.25) is 0 Å². The standard InChI is InChI=1S/C21H21FN4O.ClH/c22-18-7-2-5-16(11-18)15-4-1-6-17(10-15)21(27)24-13-19-12-20-14-23-8-3-9-26(20)25-19;/h1-2,4-7,10-12,23H,3,8-9,13-14H2,(H,24,27);1H. The van der Waals surface area contributed by atoms with Gasteiger partial charge in [0.15, 0.2) is 0 Å². The molecule has 1 aliphatic rings. The van der Waals surface area contributed by atoms with Crippen molar-refractivity contribution in [1.29, 1.82) is 0 Å². The number of nitrogens with one attached hydrogen (secondary N) is 2. The fourth-order valence-corrected chi connectivity index (χ4v) is 3.29. The summed E-state index contributed by atoms with van der Waals surface area (Å²) in [5, 5.41) is 10.9. The number of rotatable bonds is 4. The third-order valence-electron chi connectivity index (χ3n) is 4.66. The normalized spacial score (nSPS) is 13.2. The summed E-state index contributed by atoms with van der Waals surface area (Å²) in [6.07, 6.45) is 1.05. The molecule has 7 heteroatoms. The Kier molecular flexibility index (Phi) is 6.44. The minimum Gasteiger partial charge on any atom is -0.346 e. The van der Waals surface area contributed by atoms with Gasteiger partial charge in [0.1, 0.15) is 5.82 Å². The van der Waals surface area contributed by atoms with Gasteiger partial charge in [0, 0.05) is 18.7 Å². The van der Waals surface area contributed by atoms with Crippen LogP contribution in [0.1, 0.15) is 28.2 Å². The smallest absolute Gasteiger partial charge is 0.251 e. The predicted octanol–water partition coefficient (Wildman–Crippen LogP) is 3.53. The molecule has 0 fully saturated rings. The number of carbonyl (C=O) groups excluding carboxylic acids is 1. The van der Waals surface area contributed by atoms with Gasteiger partial charge in [-0.05, 0) is 54.4 Å². The Morgan fingerprint density at radius 1 is 1.14 bits per heavy atom. The maximum Gasteiger partial charge on any atom is 0.251 e. The van der Waals surface area contributed by atoms with Crippen molar-refractivity contribution in [3.63, 3.8) is 0 Å². The van der Waals surface area contributed by atoms with Gasteiger partial charge in [-0.25, -0.2) is 4.39 Å². The molecule has 1 amide bonds. The molecule has 28 heavy (non-hydrogen) atoms. The molecule has 0 radical (unpaired) electrons. The van der Waals surface area contributed by atoms with E-state index in [1.165, 1.54) is 12.1 Å². The highest BCUT2D eigenvalue weighted by atomic mass is 35.5. The van der Waals surface area contributed by atoms with Crippen LogP contribution in [0.4, 0.5) is 4.39 Å². The number of benzene rings is 2. The fourth-order valence-electron chi connectivity index (χ4n) is 3.29. The van der Waals surface area contributed by atoms with Crippen molar-refractivity contribution in [2.45, 2.75) is 26.1 Å². The Morgan fingerprint density at radius 3 is 2.75 bits per heavy atom. The number of aryl methyl sites for hydroxylation is 1. The summed E-state index contributed by atoms with van der Waals surface area (Å²) in [5.74, 6) is -0.467. The number of carbonyl (C=O) groups is 1. The van der Waals surface area contributed by atoms with Gasteiger partial charge in [-0.3, -0.25) is 9.48 Å². The van der Waals surface area contributed by atoms with Gasteiger partial charge >= 0.3 is 0 Å². The molecule has 0 saturated carbocycles. The summed E-state index contributed by atoms with van der Waals surface area (Å²) in [6, 6.07) is 15.6. The monoisotopic (exact) mass is 400 g/mol. The van der Waals surface area contributed by atoms with Crippen LogP contribution in [-0.2, 0) is 19.6 Å². The molecule has 4 rings (SSSR count). The second kappa shape index (κ2) is 8.99. The fraction of sp³-hybridized carbons (Fsp3) is 0.238. The van der Waals surface area contributed by atoms with Gasteiger partial charge in [0.05, 0.1) is 17.9 Å². The number of aromatic nitrogens is 2. The Labute approximate surface area is 169 Å². The first-order valence-corrected chi connectivity index (χ1v) is 9.09. The lowest BCUT2D eigenvalue weighted by Gasteiger charge is -2.07. The van der Waals surface area contributed by atoms with Gasteiger partial charge in [-0.2, -0.15) is 5.10 Å². The molecular formula is C21H22ClFN4O. The van der Waals surface area contributed by atoms with Gasteiger partial charge in [-0.1, -0.05) is 24.3 Å². The number of amides is 1. The summed E-state index contributed by atoms with van der Waals surface area (Å²) in [5.41, 5.74) is 4.09. The first-order chi connectivity index (χ1) is 13.2. The third kappa shape index (κ3) is 4.58. The summed E-state index contributed by atoms with van der Waals surface area (Å²) in [6.45, 7) is 3.07.